The monoisotopic (exact) mass is 323 g/mol. The van der Waals surface area contributed by atoms with Gasteiger partial charge in [-0.05, 0) is 11.5 Å². The first-order chi connectivity index (χ1) is 10.9. The molecule has 1 aromatic carbocycles. The van der Waals surface area contributed by atoms with Gasteiger partial charge in [0.15, 0.2) is 6.10 Å². The van der Waals surface area contributed by atoms with E-state index in [1.807, 2.05) is 0 Å². The Morgan fingerprint density at radius 2 is 1.74 bits per heavy atom. The molecule has 0 saturated carbocycles. The van der Waals surface area contributed by atoms with Gasteiger partial charge in [-0.1, -0.05) is 37.3 Å². The molecule has 0 aliphatic carbocycles. The lowest BCUT2D eigenvalue weighted by atomic mass is 9.97. The zero-order valence-corrected chi connectivity index (χ0v) is 13.3. The molecule has 0 radical (unpaired) electrons. The summed E-state index contributed by atoms with van der Waals surface area (Å²) >= 11 is 0. The summed E-state index contributed by atoms with van der Waals surface area (Å²) in [7, 11) is 2.42. The van der Waals surface area contributed by atoms with Crippen molar-refractivity contribution in [3.8, 4) is 0 Å². The molecule has 23 heavy (non-hydrogen) atoms. The molecule has 126 valence electrons. The maximum atomic E-state index is 12.1. The van der Waals surface area contributed by atoms with E-state index in [1.165, 1.54) is 14.2 Å². The van der Waals surface area contributed by atoms with E-state index in [4.69, 9.17) is 0 Å². The van der Waals surface area contributed by atoms with Crippen molar-refractivity contribution in [1.29, 1.82) is 0 Å². The van der Waals surface area contributed by atoms with Crippen molar-refractivity contribution in [3.05, 3.63) is 35.9 Å². The molecular weight excluding hydrogens is 302 g/mol. The van der Waals surface area contributed by atoms with Crippen LogP contribution < -0.4 is 5.32 Å². The Bertz CT molecular complexity index is 545. The highest BCUT2D eigenvalue weighted by Crippen LogP contribution is 2.15. The van der Waals surface area contributed by atoms with Crippen molar-refractivity contribution in [1.82, 2.24) is 5.32 Å². The predicted molar refractivity (Wildman–Crippen MR) is 81.1 cm³/mol. The second-order valence-electron chi connectivity index (χ2n) is 5.08. The molecule has 7 nitrogen and oxygen atoms in total. The van der Waals surface area contributed by atoms with Crippen LogP contribution in [0.1, 0.15) is 25.0 Å². The Morgan fingerprint density at radius 1 is 1.13 bits per heavy atom. The van der Waals surface area contributed by atoms with Crippen LogP contribution in [0.2, 0.25) is 0 Å². The van der Waals surface area contributed by atoms with E-state index >= 15 is 0 Å². The maximum Gasteiger partial charge on any atom is 0.328 e. The fraction of sp³-hybridized carbons (Fsp3) is 0.438. The van der Waals surface area contributed by atoms with E-state index in [0.29, 0.717) is 5.56 Å². The first-order valence-corrected chi connectivity index (χ1v) is 7.08. The van der Waals surface area contributed by atoms with Gasteiger partial charge in [0.25, 0.3) is 5.91 Å². The fourth-order valence-electron chi connectivity index (χ4n) is 2.04. The lowest BCUT2D eigenvalue weighted by Crippen LogP contribution is -2.48. The highest BCUT2D eigenvalue weighted by molar-refractivity contribution is 5.88. The molecule has 7 heteroatoms. The summed E-state index contributed by atoms with van der Waals surface area (Å²) in [5.74, 6) is -2.51. The highest BCUT2D eigenvalue weighted by Gasteiger charge is 2.31. The standard InChI is InChI=1S/C16H21NO6/c1-10(9-12(18)22-2)13(16(21)23-3)17-15(20)14(19)11-7-5-4-6-8-11/h4-8,10,13-14,19H,9H2,1-3H3,(H,17,20)/t10-,13+,14+/m1/s1. The van der Waals surface area contributed by atoms with Crippen molar-refractivity contribution >= 4 is 17.8 Å². The molecule has 0 bridgehead atoms. The summed E-state index contributed by atoms with van der Waals surface area (Å²) < 4.78 is 9.20. The van der Waals surface area contributed by atoms with Gasteiger partial charge in [0.2, 0.25) is 0 Å². The van der Waals surface area contributed by atoms with Gasteiger partial charge in [-0.3, -0.25) is 9.59 Å². The van der Waals surface area contributed by atoms with E-state index in [9.17, 15) is 19.5 Å². The zero-order valence-electron chi connectivity index (χ0n) is 13.3. The van der Waals surface area contributed by atoms with Crippen LogP contribution >= 0.6 is 0 Å². The molecule has 0 fully saturated rings. The molecule has 0 aliphatic heterocycles. The van der Waals surface area contributed by atoms with Crippen LogP contribution in [0.3, 0.4) is 0 Å². The van der Waals surface area contributed by atoms with E-state index in [2.05, 4.69) is 14.8 Å². The molecule has 0 unspecified atom stereocenters. The molecule has 0 aliphatic rings. The topological polar surface area (TPSA) is 102 Å². The Kier molecular flexibility index (Phi) is 7.21. The third-order valence-corrected chi connectivity index (χ3v) is 3.40. The number of hydrogen-bond donors (Lipinski definition) is 2. The molecule has 0 aromatic heterocycles. The van der Waals surface area contributed by atoms with Crippen molar-refractivity contribution < 1.29 is 29.0 Å². The van der Waals surface area contributed by atoms with Gasteiger partial charge in [0, 0.05) is 0 Å². The lowest BCUT2D eigenvalue weighted by molar-refractivity contribution is -0.149. The minimum absolute atomic E-state index is 0.0714. The Hall–Kier alpha value is -2.41. The number of nitrogens with one attached hydrogen (secondary N) is 1. The molecule has 3 atom stereocenters. The molecule has 2 N–H and O–H groups in total. The summed E-state index contributed by atoms with van der Waals surface area (Å²) in [6, 6.07) is 7.24. The predicted octanol–water partition coefficient (Wildman–Crippen LogP) is 0.577. The Morgan fingerprint density at radius 3 is 2.26 bits per heavy atom. The number of aliphatic hydroxyl groups is 1. The van der Waals surface area contributed by atoms with E-state index in [-0.39, 0.29) is 6.42 Å². The third-order valence-electron chi connectivity index (χ3n) is 3.40. The summed E-state index contributed by atoms with van der Waals surface area (Å²) in [5.41, 5.74) is 0.397. The number of carbonyl (C=O) groups is 3. The zero-order chi connectivity index (χ0) is 17.4. The van der Waals surface area contributed by atoms with E-state index < -0.39 is 35.9 Å². The van der Waals surface area contributed by atoms with Crippen LogP contribution in [-0.4, -0.2) is 43.2 Å². The van der Waals surface area contributed by atoms with Crippen molar-refractivity contribution in [2.24, 2.45) is 5.92 Å². The number of rotatable bonds is 7. The third kappa shape index (κ3) is 5.37. The van der Waals surface area contributed by atoms with Crippen LogP contribution in [0, 0.1) is 5.92 Å². The average molecular weight is 323 g/mol. The van der Waals surface area contributed by atoms with Crippen molar-refractivity contribution in [3.63, 3.8) is 0 Å². The fourth-order valence-corrected chi connectivity index (χ4v) is 2.04. The largest absolute Gasteiger partial charge is 0.469 e. The summed E-state index contributed by atoms with van der Waals surface area (Å²) in [6.07, 6.45) is -1.49. The Balaban J connectivity index is 2.82. The number of amides is 1. The number of methoxy groups -OCH3 is 2. The van der Waals surface area contributed by atoms with Crippen LogP contribution in [0.4, 0.5) is 0 Å². The number of aliphatic hydroxyl groups excluding tert-OH is 1. The van der Waals surface area contributed by atoms with E-state index in [1.54, 1.807) is 37.3 Å². The molecule has 0 spiro atoms. The molecule has 0 heterocycles. The molecule has 1 aromatic rings. The first kappa shape index (κ1) is 18.6. The van der Waals surface area contributed by atoms with Crippen LogP contribution in [0.25, 0.3) is 0 Å². The molecule has 1 amide bonds. The maximum absolute atomic E-state index is 12.1. The number of ether oxygens (including phenoxy) is 2. The minimum Gasteiger partial charge on any atom is -0.469 e. The number of benzene rings is 1. The van der Waals surface area contributed by atoms with Gasteiger partial charge < -0.3 is 19.9 Å². The summed E-state index contributed by atoms with van der Waals surface area (Å²) in [6.45, 7) is 1.60. The number of esters is 2. The summed E-state index contributed by atoms with van der Waals surface area (Å²) in [4.78, 5) is 35.3. The summed E-state index contributed by atoms with van der Waals surface area (Å²) in [5, 5.41) is 12.5. The van der Waals surface area contributed by atoms with Crippen molar-refractivity contribution in [2.75, 3.05) is 14.2 Å². The van der Waals surface area contributed by atoms with Gasteiger partial charge >= 0.3 is 11.9 Å². The highest BCUT2D eigenvalue weighted by atomic mass is 16.5. The average Bonchev–Trinajstić information content (AvgIpc) is 2.58. The van der Waals surface area contributed by atoms with Gasteiger partial charge in [-0.25, -0.2) is 4.79 Å². The molecule has 0 saturated heterocycles. The Labute approximate surface area is 134 Å². The van der Waals surface area contributed by atoms with Gasteiger partial charge in [-0.2, -0.15) is 0 Å². The molecule has 1 rings (SSSR count). The molecular formula is C16H21NO6. The smallest absolute Gasteiger partial charge is 0.328 e. The lowest BCUT2D eigenvalue weighted by Gasteiger charge is -2.23. The SMILES string of the molecule is COC(=O)C[C@@H](C)[C@H](NC(=O)[C@@H](O)c1ccccc1)C(=O)OC. The van der Waals surface area contributed by atoms with Crippen LogP contribution in [-0.2, 0) is 23.9 Å². The normalized spacial score (nSPS) is 14.3. The van der Waals surface area contributed by atoms with Crippen LogP contribution in [0.5, 0.6) is 0 Å². The van der Waals surface area contributed by atoms with Gasteiger partial charge in [0.05, 0.1) is 20.6 Å². The first-order valence-electron chi connectivity index (χ1n) is 7.08. The van der Waals surface area contributed by atoms with Crippen molar-refractivity contribution in [2.45, 2.75) is 25.5 Å². The second kappa shape index (κ2) is 8.89. The minimum atomic E-state index is -1.42. The second-order valence-corrected chi connectivity index (χ2v) is 5.08. The van der Waals surface area contributed by atoms with Gasteiger partial charge in [0.1, 0.15) is 6.04 Å². The van der Waals surface area contributed by atoms with Gasteiger partial charge in [-0.15, -0.1) is 0 Å². The number of carbonyl (C=O) groups excluding carboxylic acids is 3. The van der Waals surface area contributed by atoms with E-state index in [0.717, 1.165) is 0 Å². The number of hydrogen-bond acceptors (Lipinski definition) is 6. The quantitative estimate of drug-likeness (QED) is 0.712. The van der Waals surface area contributed by atoms with Crippen LogP contribution in [0.15, 0.2) is 30.3 Å².